The third-order valence-corrected chi connectivity index (χ3v) is 4.44. The summed E-state index contributed by atoms with van der Waals surface area (Å²) in [5.74, 6) is 0.988. The van der Waals surface area contributed by atoms with Crippen LogP contribution in [0.3, 0.4) is 0 Å². The van der Waals surface area contributed by atoms with E-state index in [9.17, 15) is 0 Å². The normalized spacial score (nSPS) is 16.6. The first-order valence-corrected chi connectivity index (χ1v) is 8.42. The second-order valence-corrected chi connectivity index (χ2v) is 7.15. The van der Waals surface area contributed by atoms with E-state index < -0.39 is 0 Å². The highest BCUT2D eigenvalue weighted by atomic mass is 127. The van der Waals surface area contributed by atoms with Crippen LogP contribution < -0.4 is 5.32 Å². The molecule has 6 nitrogen and oxygen atoms in total. The van der Waals surface area contributed by atoms with E-state index in [1.54, 1.807) is 12.7 Å². The van der Waals surface area contributed by atoms with Crippen molar-refractivity contribution in [3.8, 4) is 0 Å². The Morgan fingerprint density at radius 1 is 1.32 bits per heavy atom. The summed E-state index contributed by atoms with van der Waals surface area (Å²) in [5, 5.41) is 7.65. The largest absolute Gasteiger partial charge is 0.352 e. The minimum Gasteiger partial charge on any atom is -0.352 e. The van der Waals surface area contributed by atoms with Crippen LogP contribution in [-0.4, -0.2) is 45.8 Å². The highest BCUT2D eigenvalue weighted by Crippen LogP contribution is 2.28. The topological polar surface area (TPSA) is 58.3 Å². The Balaban J connectivity index is 0.00000225. The summed E-state index contributed by atoms with van der Waals surface area (Å²) in [6.45, 7) is 8.26. The van der Waals surface area contributed by atoms with Gasteiger partial charge in [-0.2, -0.15) is 5.10 Å². The van der Waals surface area contributed by atoms with Crippen molar-refractivity contribution in [3.05, 3.63) is 48.0 Å². The molecule has 1 fully saturated rings. The second-order valence-electron chi connectivity index (χ2n) is 7.15. The lowest BCUT2D eigenvalue weighted by Gasteiger charge is -2.23. The fourth-order valence-electron chi connectivity index (χ4n) is 3.15. The number of hydrogen-bond acceptors (Lipinski definition) is 3. The molecule has 136 valence electrons. The van der Waals surface area contributed by atoms with E-state index in [1.165, 1.54) is 17.5 Å². The molecule has 0 unspecified atom stereocenters. The van der Waals surface area contributed by atoms with Gasteiger partial charge in [0.05, 0.1) is 6.54 Å². The molecule has 1 saturated heterocycles. The van der Waals surface area contributed by atoms with Crippen molar-refractivity contribution in [2.24, 2.45) is 10.4 Å². The van der Waals surface area contributed by atoms with Gasteiger partial charge in [0.15, 0.2) is 5.96 Å². The van der Waals surface area contributed by atoms with Crippen molar-refractivity contribution in [1.82, 2.24) is 25.0 Å². The van der Waals surface area contributed by atoms with Crippen LogP contribution in [0.25, 0.3) is 0 Å². The molecule has 0 saturated carbocycles. The highest BCUT2D eigenvalue weighted by Gasteiger charge is 2.30. The summed E-state index contributed by atoms with van der Waals surface area (Å²) in [6.07, 6.45) is 4.51. The van der Waals surface area contributed by atoms with Gasteiger partial charge in [0.2, 0.25) is 0 Å². The first kappa shape index (κ1) is 19.7. The van der Waals surface area contributed by atoms with Crippen LogP contribution in [0, 0.1) is 5.41 Å². The molecule has 1 aromatic carbocycles. The summed E-state index contributed by atoms with van der Waals surface area (Å²) >= 11 is 0. The molecular weight excluding hydrogens is 427 g/mol. The standard InChI is InChI=1S/C18H26N6.HI/c1-18(2)7-8-23(12-18)17(19-3)21-10-15-5-4-6-16(9-15)11-24-14-20-13-22-24;/h4-6,9,13-14H,7-8,10-12H2,1-3H3,(H,19,21);1H. The molecule has 1 aliphatic heterocycles. The SMILES string of the molecule is CN=C(NCc1cccc(Cn2cncn2)c1)N1CCC(C)(C)C1.I. The first-order valence-electron chi connectivity index (χ1n) is 8.42. The monoisotopic (exact) mass is 454 g/mol. The van der Waals surface area contributed by atoms with Gasteiger partial charge in [0.25, 0.3) is 0 Å². The zero-order valence-electron chi connectivity index (χ0n) is 15.1. The molecule has 2 aromatic rings. The Morgan fingerprint density at radius 2 is 2.12 bits per heavy atom. The minimum atomic E-state index is 0. The van der Waals surface area contributed by atoms with Crippen molar-refractivity contribution in [2.45, 2.75) is 33.4 Å². The molecule has 0 spiro atoms. The fourth-order valence-corrected chi connectivity index (χ4v) is 3.15. The zero-order valence-corrected chi connectivity index (χ0v) is 17.5. The molecule has 1 aromatic heterocycles. The molecule has 0 aliphatic carbocycles. The Labute approximate surface area is 166 Å². The number of guanidine groups is 1. The number of aromatic nitrogens is 3. The van der Waals surface area contributed by atoms with E-state index >= 15 is 0 Å². The third kappa shape index (κ3) is 5.42. The number of nitrogens with zero attached hydrogens (tertiary/aromatic N) is 5. The van der Waals surface area contributed by atoms with Gasteiger partial charge in [0.1, 0.15) is 12.7 Å². The van der Waals surface area contributed by atoms with Gasteiger partial charge in [-0.1, -0.05) is 38.1 Å². The quantitative estimate of drug-likeness (QED) is 0.439. The van der Waals surface area contributed by atoms with Crippen molar-refractivity contribution < 1.29 is 0 Å². The molecule has 0 amide bonds. The lowest BCUT2D eigenvalue weighted by atomic mass is 9.93. The van der Waals surface area contributed by atoms with Gasteiger partial charge < -0.3 is 10.2 Å². The maximum atomic E-state index is 4.44. The zero-order chi connectivity index (χ0) is 17.0. The number of halogens is 1. The minimum absolute atomic E-state index is 0. The van der Waals surface area contributed by atoms with E-state index in [0.717, 1.165) is 32.1 Å². The average molecular weight is 454 g/mol. The molecule has 0 atom stereocenters. The summed E-state index contributed by atoms with van der Waals surface area (Å²) in [5.41, 5.74) is 2.83. The summed E-state index contributed by atoms with van der Waals surface area (Å²) in [6, 6.07) is 8.54. The summed E-state index contributed by atoms with van der Waals surface area (Å²) in [4.78, 5) is 10.8. The Morgan fingerprint density at radius 3 is 2.76 bits per heavy atom. The molecular formula is C18H27IN6. The van der Waals surface area contributed by atoms with Gasteiger partial charge in [-0.25, -0.2) is 9.67 Å². The van der Waals surface area contributed by atoms with Crippen molar-refractivity contribution in [3.63, 3.8) is 0 Å². The van der Waals surface area contributed by atoms with E-state index in [1.807, 2.05) is 11.7 Å². The predicted octanol–water partition coefficient (Wildman–Crippen LogP) is 2.75. The van der Waals surface area contributed by atoms with E-state index in [0.29, 0.717) is 5.41 Å². The van der Waals surface area contributed by atoms with Crippen LogP contribution in [0.15, 0.2) is 41.9 Å². The van der Waals surface area contributed by atoms with E-state index in [-0.39, 0.29) is 24.0 Å². The average Bonchev–Trinajstić information content (AvgIpc) is 3.18. The summed E-state index contributed by atoms with van der Waals surface area (Å²) in [7, 11) is 1.86. The molecule has 25 heavy (non-hydrogen) atoms. The van der Waals surface area contributed by atoms with E-state index in [2.05, 4.69) is 63.4 Å². The maximum absolute atomic E-state index is 4.44. The van der Waals surface area contributed by atoms with Gasteiger partial charge in [-0.05, 0) is 23.0 Å². The summed E-state index contributed by atoms with van der Waals surface area (Å²) < 4.78 is 1.83. The van der Waals surface area contributed by atoms with E-state index in [4.69, 9.17) is 0 Å². The van der Waals surface area contributed by atoms with Gasteiger partial charge in [-0.15, -0.1) is 24.0 Å². The molecule has 2 heterocycles. The smallest absolute Gasteiger partial charge is 0.193 e. The van der Waals surface area contributed by atoms with Crippen LogP contribution in [0.4, 0.5) is 0 Å². The van der Waals surface area contributed by atoms with Crippen LogP contribution in [0.5, 0.6) is 0 Å². The lowest BCUT2D eigenvalue weighted by Crippen LogP contribution is -2.40. The lowest BCUT2D eigenvalue weighted by molar-refractivity contribution is 0.370. The maximum Gasteiger partial charge on any atom is 0.193 e. The van der Waals surface area contributed by atoms with Gasteiger partial charge in [0, 0.05) is 26.7 Å². The third-order valence-electron chi connectivity index (χ3n) is 4.44. The van der Waals surface area contributed by atoms with Crippen LogP contribution in [-0.2, 0) is 13.1 Å². The number of rotatable bonds is 4. The molecule has 3 rings (SSSR count). The number of likely N-dealkylation sites (tertiary alicyclic amines) is 1. The Hall–Kier alpha value is -1.64. The predicted molar refractivity (Wildman–Crippen MR) is 111 cm³/mol. The van der Waals surface area contributed by atoms with Gasteiger partial charge in [-0.3, -0.25) is 4.99 Å². The van der Waals surface area contributed by atoms with Crippen molar-refractivity contribution in [2.75, 3.05) is 20.1 Å². The van der Waals surface area contributed by atoms with Crippen LogP contribution in [0.2, 0.25) is 0 Å². The van der Waals surface area contributed by atoms with Gasteiger partial charge >= 0.3 is 0 Å². The number of nitrogens with one attached hydrogen (secondary N) is 1. The van der Waals surface area contributed by atoms with Crippen molar-refractivity contribution in [1.29, 1.82) is 0 Å². The fraction of sp³-hybridized carbons (Fsp3) is 0.500. The number of benzene rings is 1. The number of hydrogen-bond donors (Lipinski definition) is 1. The highest BCUT2D eigenvalue weighted by molar-refractivity contribution is 14.0. The molecule has 1 aliphatic rings. The first-order chi connectivity index (χ1) is 11.6. The Kier molecular flexibility index (Phi) is 6.80. The van der Waals surface area contributed by atoms with Crippen molar-refractivity contribution >= 4 is 29.9 Å². The molecule has 7 heteroatoms. The molecule has 1 N–H and O–H groups in total. The molecule has 0 bridgehead atoms. The molecule has 0 radical (unpaired) electrons. The van der Waals surface area contributed by atoms with Crippen LogP contribution >= 0.6 is 24.0 Å². The number of aliphatic imine (C=N–C) groups is 1. The Bertz CT molecular complexity index is 695. The van der Waals surface area contributed by atoms with Crippen LogP contribution in [0.1, 0.15) is 31.4 Å². The second kappa shape index (κ2) is 8.64.